The van der Waals surface area contributed by atoms with Gasteiger partial charge in [0.2, 0.25) is 0 Å². The van der Waals surface area contributed by atoms with Crippen LogP contribution < -0.4 is 0 Å². The molecule has 0 radical (unpaired) electrons. The second-order valence-corrected chi connectivity index (χ2v) is 5.79. The summed E-state index contributed by atoms with van der Waals surface area (Å²) in [6, 6.07) is 6.53. The van der Waals surface area contributed by atoms with Crippen molar-refractivity contribution in [1.29, 1.82) is 0 Å². The van der Waals surface area contributed by atoms with Gasteiger partial charge in [-0.2, -0.15) is 0 Å². The van der Waals surface area contributed by atoms with Gasteiger partial charge in [0.05, 0.1) is 0 Å². The van der Waals surface area contributed by atoms with E-state index in [-0.39, 0.29) is 0 Å². The third kappa shape index (κ3) is 3.40. The van der Waals surface area contributed by atoms with Gasteiger partial charge >= 0.3 is 0 Å². The molecule has 0 aliphatic rings. The Bertz CT molecular complexity index is 503. The van der Waals surface area contributed by atoms with Gasteiger partial charge in [0.1, 0.15) is 0 Å². The van der Waals surface area contributed by atoms with Crippen molar-refractivity contribution >= 4 is 10.9 Å². The summed E-state index contributed by atoms with van der Waals surface area (Å²) >= 11 is 0. The van der Waals surface area contributed by atoms with E-state index >= 15 is 0 Å². The summed E-state index contributed by atoms with van der Waals surface area (Å²) in [7, 11) is 0. The molecular weight excluding hydrogens is 230 g/mol. The fourth-order valence-corrected chi connectivity index (χ4v) is 3.26. The Hall–Kier alpha value is -1.24. The van der Waals surface area contributed by atoms with Crippen LogP contribution >= 0.6 is 0 Å². The van der Waals surface area contributed by atoms with Crippen molar-refractivity contribution in [3.05, 3.63) is 35.5 Å². The van der Waals surface area contributed by atoms with Crippen molar-refractivity contribution in [2.45, 2.75) is 59.3 Å². The average molecular weight is 257 g/mol. The standard InChI is InChI=1S/C18H27N/c1-4-7-15(8-5-2)11-12-16-13-19-17-10-6-9-14(3)18(16)17/h6,9-10,13,15,19H,4-5,7-8,11-12H2,1-3H3. The molecule has 0 amide bonds. The lowest BCUT2D eigenvalue weighted by atomic mass is 9.91. The summed E-state index contributed by atoms with van der Waals surface area (Å²) in [4.78, 5) is 3.42. The Morgan fingerprint density at radius 2 is 1.79 bits per heavy atom. The lowest BCUT2D eigenvalue weighted by molar-refractivity contribution is 0.412. The maximum absolute atomic E-state index is 3.42. The molecule has 1 heterocycles. The maximum Gasteiger partial charge on any atom is 0.0459 e. The maximum atomic E-state index is 3.42. The van der Waals surface area contributed by atoms with Crippen LogP contribution in [0.15, 0.2) is 24.4 Å². The molecule has 0 fully saturated rings. The molecule has 2 rings (SSSR count). The van der Waals surface area contributed by atoms with E-state index in [0.717, 1.165) is 5.92 Å². The first kappa shape index (κ1) is 14.2. The fraction of sp³-hybridized carbons (Fsp3) is 0.556. The Morgan fingerprint density at radius 1 is 1.05 bits per heavy atom. The number of aromatic amines is 1. The van der Waals surface area contributed by atoms with Crippen molar-refractivity contribution in [3.63, 3.8) is 0 Å². The number of fused-ring (bicyclic) bond motifs is 1. The van der Waals surface area contributed by atoms with E-state index in [2.05, 4.69) is 50.2 Å². The molecule has 0 unspecified atom stereocenters. The van der Waals surface area contributed by atoms with Crippen molar-refractivity contribution in [2.24, 2.45) is 5.92 Å². The molecule has 0 atom stereocenters. The molecule has 1 N–H and O–H groups in total. The SMILES string of the molecule is CCCC(CCC)CCc1c[nH]c2cccc(C)c12. The Labute approximate surface area is 117 Å². The lowest BCUT2D eigenvalue weighted by Crippen LogP contribution is -2.01. The van der Waals surface area contributed by atoms with E-state index in [1.54, 1.807) is 0 Å². The molecular formula is C18H27N. The monoisotopic (exact) mass is 257 g/mol. The van der Waals surface area contributed by atoms with Gasteiger partial charge in [0, 0.05) is 17.1 Å². The van der Waals surface area contributed by atoms with Crippen molar-refractivity contribution in [1.82, 2.24) is 4.98 Å². The number of H-pyrrole nitrogens is 1. The smallest absolute Gasteiger partial charge is 0.0459 e. The topological polar surface area (TPSA) is 15.8 Å². The zero-order valence-corrected chi connectivity index (χ0v) is 12.6. The van der Waals surface area contributed by atoms with E-state index < -0.39 is 0 Å². The number of hydrogen-bond donors (Lipinski definition) is 1. The summed E-state index contributed by atoms with van der Waals surface area (Å²) in [5.74, 6) is 0.906. The molecule has 1 nitrogen and oxygen atoms in total. The van der Waals surface area contributed by atoms with Crippen molar-refractivity contribution in [2.75, 3.05) is 0 Å². The highest BCUT2D eigenvalue weighted by Crippen LogP contribution is 2.26. The van der Waals surface area contributed by atoms with E-state index in [1.165, 1.54) is 60.6 Å². The van der Waals surface area contributed by atoms with Crippen LogP contribution in [0.1, 0.15) is 57.1 Å². The molecule has 104 valence electrons. The first-order valence-electron chi connectivity index (χ1n) is 7.81. The van der Waals surface area contributed by atoms with Crippen LogP contribution in [0, 0.1) is 12.8 Å². The first-order chi connectivity index (χ1) is 9.26. The van der Waals surface area contributed by atoms with Gasteiger partial charge in [-0.3, -0.25) is 0 Å². The van der Waals surface area contributed by atoms with Crippen LogP contribution in [-0.2, 0) is 6.42 Å². The van der Waals surface area contributed by atoms with E-state index in [9.17, 15) is 0 Å². The molecule has 0 bridgehead atoms. The van der Waals surface area contributed by atoms with Crippen molar-refractivity contribution in [3.8, 4) is 0 Å². The summed E-state index contributed by atoms with van der Waals surface area (Å²) in [5, 5.41) is 1.45. The number of benzene rings is 1. The molecule has 1 heteroatoms. The van der Waals surface area contributed by atoms with Gasteiger partial charge in [-0.15, -0.1) is 0 Å². The largest absolute Gasteiger partial charge is 0.361 e. The van der Waals surface area contributed by atoms with E-state index in [0.29, 0.717) is 0 Å². The summed E-state index contributed by atoms with van der Waals surface area (Å²) in [5.41, 5.74) is 4.19. The minimum absolute atomic E-state index is 0.906. The molecule has 0 aliphatic heterocycles. The van der Waals surface area contributed by atoms with Crippen LogP contribution in [0.3, 0.4) is 0 Å². The molecule has 0 spiro atoms. The first-order valence-corrected chi connectivity index (χ1v) is 7.81. The highest BCUT2D eigenvalue weighted by atomic mass is 14.7. The van der Waals surface area contributed by atoms with Crippen LogP contribution in [0.25, 0.3) is 10.9 Å². The van der Waals surface area contributed by atoms with Crippen LogP contribution in [0.2, 0.25) is 0 Å². The average Bonchev–Trinajstić information content (AvgIpc) is 2.81. The Kier molecular flexibility index (Phi) is 5.07. The third-order valence-corrected chi connectivity index (χ3v) is 4.21. The van der Waals surface area contributed by atoms with Gasteiger partial charge in [0.25, 0.3) is 0 Å². The van der Waals surface area contributed by atoms with Crippen LogP contribution in [-0.4, -0.2) is 4.98 Å². The van der Waals surface area contributed by atoms with Gasteiger partial charge in [0.15, 0.2) is 0 Å². The Morgan fingerprint density at radius 3 is 2.47 bits per heavy atom. The fourth-order valence-electron chi connectivity index (χ4n) is 3.26. The van der Waals surface area contributed by atoms with E-state index in [4.69, 9.17) is 0 Å². The summed E-state index contributed by atoms with van der Waals surface area (Å²) < 4.78 is 0. The molecule has 0 saturated carbocycles. The van der Waals surface area contributed by atoms with Gasteiger partial charge in [-0.25, -0.2) is 0 Å². The molecule has 19 heavy (non-hydrogen) atoms. The van der Waals surface area contributed by atoms with Crippen LogP contribution in [0.4, 0.5) is 0 Å². The van der Waals surface area contributed by atoms with E-state index in [1.807, 2.05) is 0 Å². The quantitative estimate of drug-likeness (QED) is 0.662. The Balaban J connectivity index is 2.08. The number of nitrogens with one attached hydrogen (secondary N) is 1. The zero-order chi connectivity index (χ0) is 13.7. The van der Waals surface area contributed by atoms with Gasteiger partial charge < -0.3 is 4.98 Å². The lowest BCUT2D eigenvalue weighted by Gasteiger charge is -2.14. The van der Waals surface area contributed by atoms with Crippen molar-refractivity contribution < 1.29 is 0 Å². The minimum atomic E-state index is 0.906. The summed E-state index contributed by atoms with van der Waals surface area (Å²) in [6.07, 6.45) is 10.2. The minimum Gasteiger partial charge on any atom is -0.361 e. The predicted molar refractivity (Wildman–Crippen MR) is 84.7 cm³/mol. The number of rotatable bonds is 7. The third-order valence-electron chi connectivity index (χ3n) is 4.21. The normalized spacial score (nSPS) is 11.6. The van der Waals surface area contributed by atoms with Gasteiger partial charge in [-0.1, -0.05) is 51.7 Å². The molecule has 1 aromatic carbocycles. The number of aromatic nitrogens is 1. The molecule has 0 aliphatic carbocycles. The zero-order valence-electron chi connectivity index (χ0n) is 12.6. The molecule has 1 aromatic heterocycles. The van der Waals surface area contributed by atoms with Gasteiger partial charge in [-0.05, 0) is 42.9 Å². The highest BCUT2D eigenvalue weighted by Gasteiger charge is 2.10. The number of hydrogen-bond acceptors (Lipinski definition) is 0. The predicted octanol–water partition coefficient (Wildman–Crippen LogP) is 5.63. The second kappa shape index (κ2) is 6.79. The summed E-state index contributed by atoms with van der Waals surface area (Å²) in [6.45, 7) is 6.83. The van der Waals surface area contributed by atoms with Crippen LogP contribution in [0.5, 0.6) is 0 Å². The second-order valence-electron chi connectivity index (χ2n) is 5.79. The highest BCUT2D eigenvalue weighted by molar-refractivity contribution is 5.86. The number of aryl methyl sites for hydroxylation is 2. The molecule has 2 aromatic rings. The molecule has 0 saturated heterocycles.